The molecule has 0 radical (unpaired) electrons. The molecule has 2 rings (SSSR count). The van der Waals surface area contributed by atoms with Crippen LogP contribution in [0.25, 0.3) is 0 Å². The van der Waals surface area contributed by atoms with Crippen LogP contribution in [0, 0.1) is 0 Å². The largest absolute Gasteiger partial charge is 0.393 e. The Morgan fingerprint density at radius 2 is 2.50 bits per heavy atom. The molecule has 3 nitrogen and oxygen atoms in total. The predicted octanol–water partition coefficient (Wildman–Crippen LogP) is 1.05. The monoisotopic (exact) mass is 169 g/mol. The molecule has 3 unspecified atom stereocenters. The first-order valence-electron chi connectivity index (χ1n) is 4.47. The summed E-state index contributed by atoms with van der Waals surface area (Å²) in [7, 11) is 0. The van der Waals surface area contributed by atoms with Crippen LogP contribution >= 0.6 is 0 Å². The third-order valence-electron chi connectivity index (χ3n) is 2.86. The van der Waals surface area contributed by atoms with Crippen LogP contribution in [0.1, 0.15) is 26.7 Å². The molecule has 0 amide bonds. The zero-order chi connectivity index (χ0) is 8.77. The van der Waals surface area contributed by atoms with Gasteiger partial charge in [-0.15, -0.1) is 5.06 Å². The van der Waals surface area contributed by atoms with E-state index in [1.807, 2.05) is 12.0 Å². The van der Waals surface area contributed by atoms with Crippen LogP contribution in [0.4, 0.5) is 0 Å². The Labute approximate surface area is 72.6 Å². The van der Waals surface area contributed by atoms with Gasteiger partial charge in [0.2, 0.25) is 0 Å². The quantitative estimate of drug-likeness (QED) is 0.471. The normalized spacial score (nSPS) is 47.1. The lowest BCUT2D eigenvalue weighted by Crippen LogP contribution is -2.33. The highest BCUT2D eigenvalue weighted by Crippen LogP contribution is 2.48. The van der Waals surface area contributed by atoms with Crippen molar-refractivity contribution in [2.75, 3.05) is 6.54 Å². The van der Waals surface area contributed by atoms with Gasteiger partial charge < -0.3 is 5.11 Å². The van der Waals surface area contributed by atoms with Crippen LogP contribution in [0.15, 0.2) is 11.6 Å². The molecule has 1 N–H and O–H groups in total. The number of hydrogen-bond donors (Lipinski definition) is 1. The van der Waals surface area contributed by atoms with Crippen LogP contribution in [0.5, 0.6) is 0 Å². The molecule has 2 fully saturated rings. The summed E-state index contributed by atoms with van der Waals surface area (Å²) in [6.45, 7) is 4.91. The molecule has 0 aliphatic carbocycles. The molecule has 3 heteroatoms. The standard InChI is InChI=1S/C9H15NO2/c1-3-7(2)9-6-8(11)4-5-10(9)12-9/h3,8,11H,4-6H2,1-2H3/b7-3+. The molecule has 0 aromatic carbocycles. The van der Waals surface area contributed by atoms with Gasteiger partial charge in [-0.05, 0) is 25.8 Å². The highest BCUT2D eigenvalue weighted by molar-refractivity contribution is 5.19. The summed E-state index contributed by atoms with van der Waals surface area (Å²) in [5.41, 5.74) is 0.980. The Balaban J connectivity index is 2.14. The number of allylic oxidation sites excluding steroid dienone is 1. The molecule has 0 saturated carbocycles. The molecule has 2 heterocycles. The number of hydrogen-bond acceptors (Lipinski definition) is 3. The zero-order valence-electron chi connectivity index (χ0n) is 7.58. The first kappa shape index (κ1) is 8.23. The van der Waals surface area contributed by atoms with E-state index in [0.29, 0.717) is 0 Å². The number of piperidine rings is 1. The molecule has 0 spiro atoms. The van der Waals surface area contributed by atoms with E-state index in [0.717, 1.165) is 19.4 Å². The van der Waals surface area contributed by atoms with Crippen molar-refractivity contribution in [1.29, 1.82) is 0 Å². The van der Waals surface area contributed by atoms with E-state index < -0.39 is 0 Å². The predicted molar refractivity (Wildman–Crippen MR) is 45.2 cm³/mol. The van der Waals surface area contributed by atoms with Crippen LogP contribution in [-0.2, 0) is 4.84 Å². The lowest BCUT2D eigenvalue weighted by atomic mass is 9.94. The molecule has 0 aromatic rings. The number of hydroxylamine groups is 2. The van der Waals surface area contributed by atoms with Gasteiger partial charge in [0, 0.05) is 13.0 Å². The minimum absolute atomic E-state index is 0.196. The minimum Gasteiger partial charge on any atom is -0.393 e. The number of fused-ring (bicyclic) bond motifs is 1. The Bertz CT molecular complexity index is 227. The molecule has 68 valence electrons. The van der Waals surface area contributed by atoms with E-state index in [2.05, 4.69) is 13.0 Å². The molecule has 12 heavy (non-hydrogen) atoms. The maximum Gasteiger partial charge on any atom is 0.188 e. The third kappa shape index (κ3) is 1.01. The number of rotatable bonds is 1. The van der Waals surface area contributed by atoms with Crippen molar-refractivity contribution >= 4 is 0 Å². The van der Waals surface area contributed by atoms with E-state index in [-0.39, 0.29) is 11.8 Å². The fourth-order valence-corrected chi connectivity index (χ4v) is 1.87. The fourth-order valence-electron chi connectivity index (χ4n) is 1.87. The highest BCUT2D eigenvalue weighted by Gasteiger charge is 2.59. The van der Waals surface area contributed by atoms with Gasteiger partial charge in [0.25, 0.3) is 0 Å². The first-order chi connectivity index (χ1) is 5.69. The Kier molecular flexibility index (Phi) is 1.75. The number of aliphatic hydroxyl groups is 1. The lowest BCUT2D eigenvalue weighted by molar-refractivity contribution is 0.105. The number of nitrogens with zero attached hydrogens (tertiary/aromatic N) is 1. The van der Waals surface area contributed by atoms with Gasteiger partial charge in [0.15, 0.2) is 5.72 Å². The molecular formula is C9H15NO2. The second-order valence-corrected chi connectivity index (χ2v) is 3.60. The van der Waals surface area contributed by atoms with E-state index in [1.165, 1.54) is 5.57 Å². The topological polar surface area (TPSA) is 35.8 Å². The smallest absolute Gasteiger partial charge is 0.188 e. The molecular weight excluding hydrogens is 154 g/mol. The van der Waals surface area contributed by atoms with Crippen LogP contribution in [0.3, 0.4) is 0 Å². The minimum atomic E-state index is -0.230. The van der Waals surface area contributed by atoms with Crippen molar-refractivity contribution < 1.29 is 9.94 Å². The second-order valence-electron chi connectivity index (χ2n) is 3.60. The van der Waals surface area contributed by atoms with Crippen LogP contribution in [-0.4, -0.2) is 28.5 Å². The van der Waals surface area contributed by atoms with E-state index >= 15 is 0 Å². The van der Waals surface area contributed by atoms with Gasteiger partial charge in [-0.1, -0.05) is 6.08 Å². The van der Waals surface area contributed by atoms with Gasteiger partial charge in [0.05, 0.1) is 6.10 Å². The van der Waals surface area contributed by atoms with Gasteiger partial charge in [0.1, 0.15) is 0 Å². The molecule has 2 saturated heterocycles. The van der Waals surface area contributed by atoms with E-state index in [4.69, 9.17) is 4.84 Å². The zero-order valence-corrected chi connectivity index (χ0v) is 7.58. The van der Waals surface area contributed by atoms with Crippen molar-refractivity contribution in [3.05, 3.63) is 11.6 Å². The number of aliphatic hydroxyl groups excluding tert-OH is 1. The summed E-state index contributed by atoms with van der Waals surface area (Å²) in [6, 6.07) is 0. The van der Waals surface area contributed by atoms with Crippen LogP contribution in [0.2, 0.25) is 0 Å². The molecule has 2 aliphatic heterocycles. The summed E-state index contributed by atoms with van der Waals surface area (Å²) >= 11 is 0. The van der Waals surface area contributed by atoms with Crippen molar-refractivity contribution in [3.63, 3.8) is 0 Å². The summed E-state index contributed by atoms with van der Waals surface area (Å²) in [6.07, 6.45) is 3.42. The summed E-state index contributed by atoms with van der Waals surface area (Å²) in [5.74, 6) is 0. The Morgan fingerprint density at radius 3 is 3.17 bits per heavy atom. The van der Waals surface area contributed by atoms with Crippen molar-refractivity contribution in [1.82, 2.24) is 5.06 Å². The fraction of sp³-hybridized carbons (Fsp3) is 0.778. The molecule has 2 aliphatic rings. The van der Waals surface area contributed by atoms with E-state index in [9.17, 15) is 5.11 Å². The average molecular weight is 169 g/mol. The maximum absolute atomic E-state index is 9.48. The third-order valence-corrected chi connectivity index (χ3v) is 2.86. The molecule has 0 bridgehead atoms. The summed E-state index contributed by atoms with van der Waals surface area (Å²) < 4.78 is 0. The molecule has 3 atom stereocenters. The van der Waals surface area contributed by atoms with Gasteiger partial charge in [-0.2, -0.15) is 0 Å². The van der Waals surface area contributed by atoms with Gasteiger partial charge in [-0.25, -0.2) is 0 Å². The first-order valence-corrected chi connectivity index (χ1v) is 4.47. The van der Waals surface area contributed by atoms with Crippen molar-refractivity contribution in [3.8, 4) is 0 Å². The van der Waals surface area contributed by atoms with Gasteiger partial charge >= 0.3 is 0 Å². The lowest BCUT2D eigenvalue weighted by Gasteiger charge is -2.21. The van der Waals surface area contributed by atoms with Gasteiger partial charge in [-0.3, -0.25) is 4.84 Å². The van der Waals surface area contributed by atoms with Crippen molar-refractivity contribution in [2.24, 2.45) is 0 Å². The van der Waals surface area contributed by atoms with E-state index in [1.54, 1.807) is 0 Å². The summed E-state index contributed by atoms with van der Waals surface area (Å²) in [4.78, 5) is 5.49. The highest BCUT2D eigenvalue weighted by atomic mass is 16.9. The Hall–Kier alpha value is -0.380. The van der Waals surface area contributed by atoms with Crippen LogP contribution < -0.4 is 0 Å². The second kappa shape index (κ2) is 2.55. The maximum atomic E-state index is 9.48. The average Bonchev–Trinajstić information content (AvgIpc) is 2.77. The summed E-state index contributed by atoms with van der Waals surface area (Å²) in [5, 5.41) is 11.4. The Morgan fingerprint density at radius 1 is 1.75 bits per heavy atom. The molecule has 0 aromatic heterocycles. The van der Waals surface area contributed by atoms with Crippen molar-refractivity contribution in [2.45, 2.75) is 38.5 Å². The SMILES string of the molecule is C/C=C(\C)C12CC(O)CCN1O2.